The molecule has 0 saturated heterocycles. The molecular weight excluding hydrogens is 617 g/mol. The fraction of sp³-hybridized carbons (Fsp3) is 0.429. The Balaban J connectivity index is 1.52. The summed E-state index contributed by atoms with van der Waals surface area (Å²) in [7, 11) is 0. The highest BCUT2D eigenvalue weighted by Crippen LogP contribution is 2.41. The van der Waals surface area contributed by atoms with Gasteiger partial charge in [0, 0.05) is 36.1 Å². The van der Waals surface area contributed by atoms with Gasteiger partial charge in [-0.1, -0.05) is 115 Å². The molecule has 1 amide bonds. The second-order valence-corrected chi connectivity index (χ2v) is 14.0. The maximum atomic E-state index is 13.8. The van der Waals surface area contributed by atoms with Gasteiger partial charge in [-0.3, -0.25) is 9.80 Å². The number of para-hydroxylation sites is 1. The van der Waals surface area contributed by atoms with Gasteiger partial charge in [0.15, 0.2) is 0 Å². The lowest BCUT2D eigenvalue weighted by Crippen LogP contribution is -2.54. The van der Waals surface area contributed by atoms with Gasteiger partial charge in [-0.2, -0.15) is 0 Å². The van der Waals surface area contributed by atoms with Crippen LogP contribution in [0.25, 0.3) is 10.9 Å². The number of nitrogens with zero attached hydrogens (tertiary/aromatic N) is 3. The van der Waals surface area contributed by atoms with E-state index in [-0.39, 0.29) is 24.1 Å². The van der Waals surface area contributed by atoms with E-state index in [1.54, 1.807) is 4.90 Å². The first-order valence-electron chi connectivity index (χ1n) is 15.4. The molecule has 6 nitrogen and oxygen atoms in total. The van der Waals surface area contributed by atoms with Crippen LogP contribution in [0.5, 0.6) is 5.75 Å². The summed E-state index contributed by atoms with van der Waals surface area (Å²) in [6.45, 7) is 5.53. The Morgan fingerprint density at radius 3 is 2.52 bits per heavy atom. The predicted molar refractivity (Wildman–Crippen MR) is 181 cm³/mol. The maximum absolute atomic E-state index is 13.8. The Kier molecular flexibility index (Phi) is 10.8. The molecule has 2 aliphatic carbocycles. The smallest absolute Gasteiger partial charge is 0.415 e. The van der Waals surface area contributed by atoms with Gasteiger partial charge in [0.2, 0.25) is 3.79 Å². The molecule has 44 heavy (non-hydrogen) atoms. The summed E-state index contributed by atoms with van der Waals surface area (Å²) in [6, 6.07) is 20.4. The van der Waals surface area contributed by atoms with E-state index in [0.29, 0.717) is 24.7 Å². The molecule has 1 heterocycles. The van der Waals surface area contributed by atoms with Gasteiger partial charge in [0.1, 0.15) is 18.2 Å². The lowest BCUT2D eigenvalue weighted by atomic mass is 9.83. The van der Waals surface area contributed by atoms with Crippen LogP contribution in [0, 0.1) is 5.92 Å². The van der Waals surface area contributed by atoms with Crippen LogP contribution < -0.4 is 9.64 Å². The highest BCUT2D eigenvalue weighted by Gasteiger charge is 2.43. The average molecular weight is 657 g/mol. The van der Waals surface area contributed by atoms with Crippen LogP contribution in [-0.2, 0) is 11.3 Å². The van der Waals surface area contributed by atoms with Crippen LogP contribution in [0.15, 0.2) is 85.0 Å². The highest BCUT2D eigenvalue weighted by atomic mass is 35.6. The van der Waals surface area contributed by atoms with Crippen molar-refractivity contribution in [1.82, 2.24) is 9.88 Å². The third kappa shape index (κ3) is 7.71. The molecule has 0 spiro atoms. The van der Waals surface area contributed by atoms with Crippen molar-refractivity contribution in [2.75, 3.05) is 24.7 Å². The van der Waals surface area contributed by atoms with Crippen LogP contribution in [0.2, 0.25) is 0 Å². The standard InChI is InChI=1S/C35H40Cl3N3O3/c1-3-34(20-11-6-12-21-34)41(23-26-14-7-5-8-15-26)30-19-13-16-27(30)24-40(33(42)44-25-35(36,37)38)32-22-31(43-4-2)28-17-9-10-18-29(28)39-32/h5-12,14-15,17-18,20,22,27,30H,3-4,13,16,19,21,23-25H2,1-2H3/t27-,30+,34-/m1/s1. The van der Waals surface area contributed by atoms with Gasteiger partial charge in [0.25, 0.3) is 0 Å². The number of carbonyl (C=O) groups excluding carboxylic acids is 1. The third-order valence-corrected chi connectivity index (χ3v) is 9.09. The number of hydrogen-bond donors (Lipinski definition) is 0. The van der Waals surface area contributed by atoms with E-state index in [4.69, 9.17) is 49.3 Å². The zero-order valence-electron chi connectivity index (χ0n) is 25.3. The van der Waals surface area contributed by atoms with Gasteiger partial charge >= 0.3 is 6.09 Å². The molecule has 3 atom stereocenters. The number of ether oxygens (including phenoxy) is 2. The van der Waals surface area contributed by atoms with E-state index >= 15 is 0 Å². The number of benzene rings is 2. The molecule has 0 N–H and O–H groups in total. The molecule has 2 aliphatic rings. The number of pyridine rings is 1. The molecule has 9 heteroatoms. The van der Waals surface area contributed by atoms with Crippen LogP contribution in [0.1, 0.15) is 51.5 Å². The van der Waals surface area contributed by atoms with E-state index < -0.39 is 9.89 Å². The summed E-state index contributed by atoms with van der Waals surface area (Å²) in [4.78, 5) is 23.0. The normalized spacial score (nSPS) is 21.6. The zero-order valence-corrected chi connectivity index (χ0v) is 27.6. The summed E-state index contributed by atoms with van der Waals surface area (Å²) in [5.74, 6) is 1.27. The Hall–Kier alpha value is -2.77. The van der Waals surface area contributed by atoms with Crippen molar-refractivity contribution in [3.05, 3.63) is 90.5 Å². The summed E-state index contributed by atoms with van der Waals surface area (Å²) in [5, 5.41) is 0.877. The summed E-state index contributed by atoms with van der Waals surface area (Å²) < 4.78 is 9.84. The van der Waals surface area contributed by atoms with Crippen molar-refractivity contribution in [2.24, 2.45) is 5.92 Å². The number of rotatable bonds is 11. The first-order chi connectivity index (χ1) is 21.2. The van der Waals surface area contributed by atoms with E-state index in [1.165, 1.54) is 5.56 Å². The molecule has 0 aliphatic heterocycles. The first kappa shape index (κ1) is 32.6. The van der Waals surface area contributed by atoms with Gasteiger partial charge in [-0.25, -0.2) is 9.78 Å². The monoisotopic (exact) mass is 655 g/mol. The molecule has 3 aromatic rings. The van der Waals surface area contributed by atoms with Crippen molar-refractivity contribution in [1.29, 1.82) is 0 Å². The molecule has 1 saturated carbocycles. The summed E-state index contributed by atoms with van der Waals surface area (Å²) in [6.07, 6.45) is 13.3. The minimum absolute atomic E-state index is 0.123. The van der Waals surface area contributed by atoms with Crippen LogP contribution >= 0.6 is 34.8 Å². The number of anilines is 1. The fourth-order valence-corrected chi connectivity index (χ4v) is 6.78. The molecule has 2 aromatic carbocycles. The predicted octanol–water partition coefficient (Wildman–Crippen LogP) is 9.28. The highest BCUT2D eigenvalue weighted by molar-refractivity contribution is 6.67. The fourth-order valence-electron chi connectivity index (χ4n) is 6.62. The Labute approximate surface area is 275 Å². The van der Waals surface area contributed by atoms with Gasteiger partial charge < -0.3 is 9.47 Å². The average Bonchev–Trinajstić information content (AvgIpc) is 3.49. The molecule has 5 rings (SSSR count). The number of halogens is 3. The summed E-state index contributed by atoms with van der Waals surface area (Å²) in [5.41, 5.74) is 1.87. The van der Waals surface area contributed by atoms with Crippen LogP contribution in [0.4, 0.5) is 10.6 Å². The SMILES string of the molecule is CCOc1cc(N(C[C@H]2CCC[C@@H]2N(Cc2ccccc2)[C@]2(CC)C=CC=CC2)C(=O)OCC(Cl)(Cl)Cl)nc2ccccc12. The molecule has 0 radical (unpaired) electrons. The van der Waals surface area contributed by atoms with E-state index in [2.05, 4.69) is 66.5 Å². The van der Waals surface area contributed by atoms with E-state index in [1.807, 2.05) is 37.3 Å². The third-order valence-electron chi connectivity index (χ3n) is 8.76. The van der Waals surface area contributed by atoms with Crippen LogP contribution in [0.3, 0.4) is 0 Å². The maximum Gasteiger partial charge on any atom is 0.415 e. The van der Waals surface area contributed by atoms with Crippen molar-refractivity contribution in [3.63, 3.8) is 0 Å². The number of hydrogen-bond acceptors (Lipinski definition) is 5. The van der Waals surface area contributed by atoms with Crippen LogP contribution in [-0.4, -0.2) is 51.1 Å². The van der Waals surface area contributed by atoms with Crippen molar-refractivity contribution in [2.45, 2.75) is 67.9 Å². The summed E-state index contributed by atoms with van der Waals surface area (Å²) >= 11 is 17.9. The Bertz CT molecular complexity index is 1480. The lowest BCUT2D eigenvalue weighted by Gasteiger charge is -2.48. The molecule has 0 unspecified atom stereocenters. The Morgan fingerprint density at radius 2 is 1.82 bits per heavy atom. The largest absolute Gasteiger partial charge is 0.493 e. The Morgan fingerprint density at radius 1 is 1.05 bits per heavy atom. The lowest BCUT2D eigenvalue weighted by molar-refractivity contribution is 0.0463. The molecule has 1 fully saturated rings. The second-order valence-electron chi connectivity index (χ2n) is 11.5. The number of amides is 1. The molecule has 234 valence electrons. The molecule has 0 bridgehead atoms. The van der Waals surface area contributed by atoms with Crippen molar-refractivity contribution in [3.8, 4) is 5.75 Å². The number of fused-ring (bicyclic) bond motifs is 1. The van der Waals surface area contributed by atoms with Crippen molar-refractivity contribution < 1.29 is 14.3 Å². The first-order valence-corrected chi connectivity index (χ1v) is 16.5. The number of carbonyl (C=O) groups is 1. The number of aromatic nitrogens is 1. The topological polar surface area (TPSA) is 54.9 Å². The molecular formula is C35H40Cl3N3O3. The minimum Gasteiger partial charge on any atom is -0.493 e. The van der Waals surface area contributed by atoms with Gasteiger partial charge in [0.05, 0.1) is 12.1 Å². The molecule has 1 aromatic heterocycles. The van der Waals surface area contributed by atoms with Gasteiger partial charge in [-0.15, -0.1) is 0 Å². The van der Waals surface area contributed by atoms with Crippen molar-refractivity contribution >= 4 is 57.6 Å². The number of alkyl halides is 3. The zero-order chi connectivity index (χ0) is 31.2. The second kappa shape index (κ2) is 14.6. The number of allylic oxidation sites excluding steroid dienone is 2. The van der Waals surface area contributed by atoms with E-state index in [0.717, 1.165) is 49.6 Å². The minimum atomic E-state index is -1.73. The van der Waals surface area contributed by atoms with E-state index in [9.17, 15) is 4.79 Å². The van der Waals surface area contributed by atoms with Gasteiger partial charge in [-0.05, 0) is 56.2 Å². The quantitative estimate of drug-likeness (QED) is 0.193.